The van der Waals surface area contributed by atoms with Gasteiger partial charge >= 0.3 is 0 Å². The van der Waals surface area contributed by atoms with Crippen molar-refractivity contribution in [2.24, 2.45) is 11.3 Å². The van der Waals surface area contributed by atoms with Gasteiger partial charge in [-0.25, -0.2) is 0 Å². The molecule has 4 heteroatoms. The maximum atomic E-state index is 10.0. The Labute approximate surface area is 237 Å². The summed E-state index contributed by atoms with van der Waals surface area (Å²) in [6, 6.07) is 31.0. The van der Waals surface area contributed by atoms with Gasteiger partial charge in [-0.05, 0) is 94.5 Å². The number of H-pyrrole nitrogens is 1. The first-order valence-electron chi connectivity index (χ1n) is 14.0. The van der Waals surface area contributed by atoms with Crippen molar-refractivity contribution in [1.29, 1.82) is 0 Å². The van der Waals surface area contributed by atoms with Gasteiger partial charge < -0.3 is 19.6 Å². The van der Waals surface area contributed by atoms with E-state index >= 15 is 0 Å². The van der Waals surface area contributed by atoms with E-state index in [1.807, 2.05) is 12.1 Å². The van der Waals surface area contributed by atoms with Crippen molar-refractivity contribution < 1.29 is 14.6 Å². The van der Waals surface area contributed by atoms with Crippen LogP contribution in [0.1, 0.15) is 49.8 Å². The smallest absolute Gasteiger partial charge is 0.119 e. The molecule has 4 nitrogen and oxygen atoms in total. The zero-order valence-corrected chi connectivity index (χ0v) is 24.1. The molecule has 206 valence electrons. The fraction of sp³-hybridized carbons (Fsp3) is 0.278. The Morgan fingerprint density at radius 3 is 2.17 bits per heavy atom. The number of nitrogens with one attached hydrogen (secondary N) is 1. The number of fused-ring (bicyclic) bond motifs is 1. The molecule has 0 spiro atoms. The zero-order chi connectivity index (χ0) is 28.3. The largest absolute Gasteiger partial charge is 0.508 e. The van der Waals surface area contributed by atoms with Crippen LogP contribution in [0.3, 0.4) is 0 Å². The highest BCUT2D eigenvalue weighted by Crippen LogP contribution is 2.52. The van der Waals surface area contributed by atoms with Gasteiger partial charge in [-0.3, -0.25) is 0 Å². The van der Waals surface area contributed by atoms with Gasteiger partial charge in [-0.2, -0.15) is 0 Å². The number of aromatic amines is 1. The number of ether oxygens (including phenoxy) is 2. The SMILES string of the molecule is COc1ccc(C(c2ccc(OC)cc2-c2ccc(O)cc2)C(C)(CCc2c[nH]c3ccccc23)C(C)C)cc1. The summed E-state index contributed by atoms with van der Waals surface area (Å²) in [4.78, 5) is 3.46. The van der Waals surface area contributed by atoms with Gasteiger partial charge in [0.1, 0.15) is 17.2 Å². The normalized spacial score (nSPS) is 13.8. The second-order valence-electron chi connectivity index (χ2n) is 11.2. The lowest BCUT2D eigenvalue weighted by Crippen LogP contribution is -2.33. The van der Waals surface area contributed by atoms with Gasteiger partial charge in [0.15, 0.2) is 0 Å². The molecule has 0 bridgehead atoms. The van der Waals surface area contributed by atoms with Gasteiger partial charge in [0.25, 0.3) is 0 Å². The van der Waals surface area contributed by atoms with Gasteiger partial charge in [-0.15, -0.1) is 0 Å². The van der Waals surface area contributed by atoms with Gasteiger partial charge in [0.05, 0.1) is 14.2 Å². The molecule has 0 aliphatic heterocycles. The molecule has 0 fully saturated rings. The Hall–Kier alpha value is -4.18. The molecule has 5 aromatic rings. The first-order valence-corrected chi connectivity index (χ1v) is 14.0. The lowest BCUT2D eigenvalue weighted by Gasteiger charge is -2.43. The first-order chi connectivity index (χ1) is 19.3. The third-order valence-corrected chi connectivity index (χ3v) is 8.79. The van der Waals surface area contributed by atoms with Crippen molar-refractivity contribution in [3.8, 4) is 28.4 Å². The Morgan fingerprint density at radius 2 is 1.50 bits per heavy atom. The highest BCUT2D eigenvalue weighted by Gasteiger charge is 2.40. The second kappa shape index (κ2) is 11.5. The molecule has 1 aromatic heterocycles. The van der Waals surface area contributed by atoms with E-state index in [4.69, 9.17) is 9.47 Å². The van der Waals surface area contributed by atoms with Crippen molar-refractivity contribution >= 4 is 10.9 Å². The number of phenolic OH excluding ortho intramolecular Hbond substituents is 1. The van der Waals surface area contributed by atoms with Gasteiger partial charge in [0, 0.05) is 23.0 Å². The van der Waals surface area contributed by atoms with Crippen LogP contribution in [0.25, 0.3) is 22.0 Å². The summed E-state index contributed by atoms with van der Waals surface area (Å²) in [5.41, 5.74) is 7.09. The zero-order valence-electron chi connectivity index (χ0n) is 24.1. The van der Waals surface area contributed by atoms with E-state index in [1.54, 1.807) is 26.4 Å². The maximum absolute atomic E-state index is 10.0. The molecule has 2 N–H and O–H groups in total. The summed E-state index contributed by atoms with van der Waals surface area (Å²) in [6.45, 7) is 7.12. The molecule has 0 amide bonds. The predicted octanol–water partition coefficient (Wildman–Crippen LogP) is 8.98. The molecule has 5 rings (SSSR count). The number of phenols is 1. The van der Waals surface area contributed by atoms with Crippen LogP contribution in [-0.4, -0.2) is 24.3 Å². The summed E-state index contributed by atoms with van der Waals surface area (Å²) in [5, 5.41) is 11.3. The molecule has 0 saturated heterocycles. The molecule has 4 aromatic carbocycles. The minimum Gasteiger partial charge on any atom is -0.508 e. The second-order valence-corrected chi connectivity index (χ2v) is 11.2. The number of methoxy groups -OCH3 is 2. The summed E-state index contributed by atoms with van der Waals surface area (Å²) in [5.74, 6) is 2.40. The molecule has 0 aliphatic carbocycles. The van der Waals surface area contributed by atoms with Crippen molar-refractivity contribution in [1.82, 2.24) is 4.98 Å². The quantitative estimate of drug-likeness (QED) is 0.188. The molecular formula is C36H39NO3. The third-order valence-electron chi connectivity index (χ3n) is 8.79. The maximum Gasteiger partial charge on any atom is 0.119 e. The van der Waals surface area contributed by atoms with Crippen LogP contribution in [0.2, 0.25) is 0 Å². The van der Waals surface area contributed by atoms with E-state index in [1.165, 1.54) is 27.6 Å². The molecule has 2 unspecified atom stereocenters. The number of hydrogen-bond acceptors (Lipinski definition) is 3. The standard InChI is InChI=1S/C36H39NO3/c1-24(2)36(3,21-20-27-23-37-34-9-7-6-8-31(27)34)35(26-12-16-29(39-4)17-13-26)32-19-18-30(40-5)22-33(32)25-10-14-28(38)15-11-25/h6-19,22-24,35,37-38H,20-21H2,1-5H3. The fourth-order valence-electron chi connectivity index (χ4n) is 6.03. The van der Waals surface area contributed by atoms with Gasteiger partial charge in [0.2, 0.25) is 0 Å². The first kappa shape index (κ1) is 27.4. The molecule has 0 saturated carbocycles. The monoisotopic (exact) mass is 533 g/mol. The van der Waals surface area contributed by atoms with Crippen LogP contribution >= 0.6 is 0 Å². The molecule has 40 heavy (non-hydrogen) atoms. The van der Waals surface area contributed by atoms with Crippen molar-refractivity contribution in [3.63, 3.8) is 0 Å². The molecule has 1 heterocycles. The third kappa shape index (κ3) is 5.31. The van der Waals surface area contributed by atoms with Crippen LogP contribution < -0.4 is 9.47 Å². The van der Waals surface area contributed by atoms with Gasteiger partial charge in [-0.1, -0.05) is 69.3 Å². The lowest BCUT2D eigenvalue weighted by molar-refractivity contribution is 0.169. The van der Waals surface area contributed by atoms with Crippen LogP contribution in [0.5, 0.6) is 17.2 Å². The summed E-state index contributed by atoms with van der Waals surface area (Å²) < 4.78 is 11.2. The minimum atomic E-state index is -0.0901. The van der Waals surface area contributed by atoms with E-state index in [-0.39, 0.29) is 17.1 Å². The number of aryl methyl sites for hydroxylation is 1. The average molecular weight is 534 g/mol. The highest BCUT2D eigenvalue weighted by molar-refractivity contribution is 5.83. The summed E-state index contributed by atoms with van der Waals surface area (Å²) in [6.07, 6.45) is 4.14. The Morgan fingerprint density at radius 1 is 0.825 bits per heavy atom. The van der Waals surface area contributed by atoms with Crippen LogP contribution in [0, 0.1) is 11.3 Å². The predicted molar refractivity (Wildman–Crippen MR) is 164 cm³/mol. The van der Waals surface area contributed by atoms with Crippen LogP contribution in [0.15, 0.2) is 97.2 Å². The number of para-hydroxylation sites is 1. The summed E-state index contributed by atoms with van der Waals surface area (Å²) in [7, 11) is 3.41. The lowest BCUT2D eigenvalue weighted by atomic mass is 9.61. The van der Waals surface area contributed by atoms with Crippen LogP contribution in [0.4, 0.5) is 0 Å². The number of benzene rings is 4. The van der Waals surface area contributed by atoms with Crippen molar-refractivity contribution in [3.05, 3.63) is 114 Å². The minimum absolute atomic E-state index is 0.0901. The molecule has 0 aliphatic rings. The average Bonchev–Trinajstić information content (AvgIpc) is 3.40. The summed E-state index contributed by atoms with van der Waals surface area (Å²) >= 11 is 0. The Balaban J connectivity index is 1.66. The molecule has 2 atom stereocenters. The topological polar surface area (TPSA) is 54.5 Å². The number of rotatable bonds is 10. The van der Waals surface area contributed by atoms with Crippen LogP contribution in [-0.2, 0) is 6.42 Å². The van der Waals surface area contributed by atoms with E-state index in [0.717, 1.165) is 35.5 Å². The van der Waals surface area contributed by atoms with E-state index in [0.29, 0.717) is 5.92 Å². The molecular weight excluding hydrogens is 494 g/mol. The number of aromatic nitrogens is 1. The Kier molecular flexibility index (Phi) is 7.88. The highest BCUT2D eigenvalue weighted by atomic mass is 16.5. The van der Waals surface area contributed by atoms with E-state index in [2.05, 4.69) is 98.7 Å². The van der Waals surface area contributed by atoms with Crippen molar-refractivity contribution in [2.45, 2.75) is 39.5 Å². The van der Waals surface area contributed by atoms with E-state index < -0.39 is 0 Å². The molecule has 0 radical (unpaired) electrons. The number of aromatic hydroxyl groups is 1. The fourth-order valence-corrected chi connectivity index (χ4v) is 6.03. The van der Waals surface area contributed by atoms with Crippen molar-refractivity contribution in [2.75, 3.05) is 14.2 Å². The van der Waals surface area contributed by atoms with E-state index in [9.17, 15) is 5.11 Å². The number of hydrogen-bond donors (Lipinski definition) is 2. The Bertz CT molecular complexity index is 1570.